The number of hydrogen-bond donors (Lipinski definition) is 2. The van der Waals surface area contributed by atoms with Crippen LogP contribution in [0.4, 0.5) is 0 Å². The SMILES string of the molecule is CCOc1ccc(C(=O)NCC(=O)N/N=C/c2ccc(Cl)cc2Cl)cc1. The molecule has 0 heterocycles. The van der Waals surface area contributed by atoms with Gasteiger partial charge in [0.25, 0.3) is 11.8 Å². The number of amides is 2. The molecule has 0 aliphatic carbocycles. The molecule has 0 saturated heterocycles. The van der Waals surface area contributed by atoms with Crippen molar-refractivity contribution in [3.05, 3.63) is 63.6 Å². The monoisotopic (exact) mass is 393 g/mol. The number of nitrogens with zero attached hydrogens (tertiary/aromatic N) is 1. The van der Waals surface area contributed by atoms with Crippen LogP contribution in [0, 0.1) is 0 Å². The Hall–Kier alpha value is -2.57. The summed E-state index contributed by atoms with van der Waals surface area (Å²) in [6, 6.07) is 11.5. The topological polar surface area (TPSA) is 79.8 Å². The van der Waals surface area contributed by atoms with Crippen LogP contribution in [-0.2, 0) is 4.79 Å². The fraction of sp³-hybridized carbons (Fsp3) is 0.167. The number of nitrogens with one attached hydrogen (secondary N) is 2. The molecule has 0 saturated carbocycles. The smallest absolute Gasteiger partial charge is 0.259 e. The molecule has 2 aromatic rings. The quantitative estimate of drug-likeness (QED) is 0.559. The molecule has 0 radical (unpaired) electrons. The lowest BCUT2D eigenvalue weighted by atomic mass is 10.2. The summed E-state index contributed by atoms with van der Waals surface area (Å²) in [4.78, 5) is 23.7. The minimum absolute atomic E-state index is 0.211. The van der Waals surface area contributed by atoms with Crippen molar-refractivity contribution < 1.29 is 14.3 Å². The van der Waals surface area contributed by atoms with Gasteiger partial charge in [-0.25, -0.2) is 5.43 Å². The molecule has 2 amide bonds. The van der Waals surface area contributed by atoms with E-state index in [1.165, 1.54) is 6.21 Å². The van der Waals surface area contributed by atoms with E-state index in [0.717, 1.165) is 0 Å². The molecule has 2 rings (SSSR count). The van der Waals surface area contributed by atoms with Crippen LogP contribution in [0.1, 0.15) is 22.8 Å². The zero-order chi connectivity index (χ0) is 18.9. The maximum Gasteiger partial charge on any atom is 0.259 e. The van der Waals surface area contributed by atoms with Gasteiger partial charge in [0.2, 0.25) is 0 Å². The number of rotatable bonds is 7. The van der Waals surface area contributed by atoms with Crippen molar-refractivity contribution in [1.82, 2.24) is 10.7 Å². The number of hydrogen-bond acceptors (Lipinski definition) is 4. The molecule has 0 atom stereocenters. The number of benzene rings is 2. The van der Waals surface area contributed by atoms with E-state index in [4.69, 9.17) is 27.9 Å². The molecule has 0 spiro atoms. The number of carbonyl (C=O) groups is 2. The average Bonchev–Trinajstić information content (AvgIpc) is 2.62. The van der Waals surface area contributed by atoms with E-state index in [-0.39, 0.29) is 12.5 Å². The highest BCUT2D eigenvalue weighted by molar-refractivity contribution is 6.36. The van der Waals surface area contributed by atoms with Crippen LogP contribution in [0.15, 0.2) is 47.6 Å². The first kappa shape index (κ1) is 19.8. The summed E-state index contributed by atoms with van der Waals surface area (Å²) in [5.74, 6) is -0.157. The highest BCUT2D eigenvalue weighted by atomic mass is 35.5. The molecule has 8 heteroatoms. The molecule has 26 heavy (non-hydrogen) atoms. The van der Waals surface area contributed by atoms with E-state index in [1.54, 1.807) is 42.5 Å². The van der Waals surface area contributed by atoms with Gasteiger partial charge in [-0.3, -0.25) is 9.59 Å². The summed E-state index contributed by atoms with van der Waals surface area (Å²) in [7, 11) is 0. The van der Waals surface area contributed by atoms with E-state index in [9.17, 15) is 9.59 Å². The molecule has 0 aromatic heterocycles. The van der Waals surface area contributed by atoms with Crippen LogP contribution >= 0.6 is 23.2 Å². The van der Waals surface area contributed by atoms with Gasteiger partial charge in [-0.15, -0.1) is 0 Å². The molecule has 0 unspecified atom stereocenters. The highest BCUT2D eigenvalue weighted by Crippen LogP contribution is 2.19. The summed E-state index contributed by atoms with van der Waals surface area (Å²) in [6.45, 7) is 2.22. The first-order chi connectivity index (χ1) is 12.5. The molecule has 0 aliphatic heterocycles. The fourth-order valence-electron chi connectivity index (χ4n) is 1.95. The van der Waals surface area contributed by atoms with Gasteiger partial charge in [0, 0.05) is 16.1 Å². The summed E-state index contributed by atoms with van der Waals surface area (Å²) in [6.07, 6.45) is 1.39. The van der Waals surface area contributed by atoms with Gasteiger partial charge in [0.15, 0.2) is 0 Å². The molecule has 2 aromatic carbocycles. The number of carbonyl (C=O) groups excluding carboxylic acids is 2. The van der Waals surface area contributed by atoms with E-state index >= 15 is 0 Å². The van der Waals surface area contributed by atoms with Crippen molar-refractivity contribution in [3.63, 3.8) is 0 Å². The minimum atomic E-state index is -0.467. The summed E-state index contributed by atoms with van der Waals surface area (Å²) in [5.41, 5.74) is 3.34. The Bertz CT molecular complexity index is 808. The third-order valence-corrected chi connectivity index (χ3v) is 3.75. The van der Waals surface area contributed by atoms with Gasteiger partial charge in [-0.1, -0.05) is 29.3 Å². The predicted molar refractivity (Wildman–Crippen MR) is 102 cm³/mol. The Labute approximate surface area is 161 Å². The van der Waals surface area contributed by atoms with E-state index in [2.05, 4.69) is 15.8 Å². The van der Waals surface area contributed by atoms with Gasteiger partial charge in [-0.2, -0.15) is 5.10 Å². The van der Waals surface area contributed by atoms with Gasteiger partial charge in [0.05, 0.1) is 24.4 Å². The van der Waals surface area contributed by atoms with Crippen LogP contribution in [0.5, 0.6) is 5.75 Å². The molecule has 6 nitrogen and oxygen atoms in total. The van der Waals surface area contributed by atoms with Crippen LogP contribution in [-0.4, -0.2) is 31.2 Å². The number of ether oxygens (including phenoxy) is 1. The minimum Gasteiger partial charge on any atom is -0.494 e. The van der Waals surface area contributed by atoms with Gasteiger partial charge >= 0.3 is 0 Å². The lowest BCUT2D eigenvalue weighted by Gasteiger charge is -2.06. The Balaban J connectivity index is 1.80. The largest absolute Gasteiger partial charge is 0.494 e. The number of halogens is 2. The lowest BCUT2D eigenvalue weighted by Crippen LogP contribution is -2.34. The average molecular weight is 394 g/mol. The second kappa shape index (κ2) is 9.79. The Kier molecular flexibility index (Phi) is 7.44. The maximum absolute atomic E-state index is 12.0. The number of hydrazone groups is 1. The lowest BCUT2D eigenvalue weighted by molar-refractivity contribution is -0.120. The first-order valence-corrected chi connectivity index (χ1v) is 8.53. The fourth-order valence-corrected chi connectivity index (χ4v) is 2.41. The van der Waals surface area contributed by atoms with Crippen LogP contribution in [0.2, 0.25) is 10.0 Å². The van der Waals surface area contributed by atoms with Crippen molar-refractivity contribution in [2.24, 2.45) is 5.10 Å². The van der Waals surface area contributed by atoms with Crippen LogP contribution in [0.3, 0.4) is 0 Å². The molecule has 2 N–H and O–H groups in total. The van der Waals surface area contributed by atoms with Crippen molar-refractivity contribution in [2.45, 2.75) is 6.92 Å². The second-order valence-electron chi connectivity index (χ2n) is 5.10. The molecule has 136 valence electrons. The molecule has 0 aliphatic rings. The molecule has 0 bridgehead atoms. The Morgan fingerprint density at radius 3 is 2.54 bits per heavy atom. The zero-order valence-electron chi connectivity index (χ0n) is 14.0. The third kappa shape index (κ3) is 6.06. The van der Waals surface area contributed by atoms with E-state index in [1.807, 2.05) is 6.92 Å². The maximum atomic E-state index is 12.0. The Morgan fingerprint density at radius 1 is 1.15 bits per heavy atom. The summed E-state index contributed by atoms with van der Waals surface area (Å²) < 4.78 is 5.31. The highest BCUT2D eigenvalue weighted by Gasteiger charge is 2.08. The van der Waals surface area contributed by atoms with E-state index < -0.39 is 5.91 Å². The predicted octanol–water partition coefficient (Wildman–Crippen LogP) is 3.27. The van der Waals surface area contributed by atoms with Crippen molar-refractivity contribution >= 4 is 41.2 Å². The summed E-state index contributed by atoms with van der Waals surface area (Å²) in [5, 5.41) is 7.23. The van der Waals surface area contributed by atoms with Gasteiger partial charge < -0.3 is 10.1 Å². The van der Waals surface area contributed by atoms with Crippen LogP contribution in [0.25, 0.3) is 0 Å². The van der Waals surface area contributed by atoms with Crippen molar-refractivity contribution in [1.29, 1.82) is 0 Å². The van der Waals surface area contributed by atoms with Gasteiger partial charge in [-0.05, 0) is 43.3 Å². The third-order valence-electron chi connectivity index (χ3n) is 3.19. The first-order valence-electron chi connectivity index (χ1n) is 7.77. The standard InChI is InChI=1S/C18H17Cl2N3O3/c1-2-26-15-7-4-12(5-8-15)18(25)21-11-17(24)23-22-10-13-3-6-14(19)9-16(13)20/h3-10H,2,11H2,1H3,(H,21,25)(H,23,24)/b22-10+. The molecular formula is C18H17Cl2N3O3. The van der Waals surface area contributed by atoms with Crippen molar-refractivity contribution in [3.8, 4) is 5.75 Å². The van der Waals surface area contributed by atoms with Crippen molar-refractivity contribution in [2.75, 3.05) is 13.2 Å². The Morgan fingerprint density at radius 2 is 1.88 bits per heavy atom. The molecule has 0 fully saturated rings. The van der Waals surface area contributed by atoms with Crippen LogP contribution < -0.4 is 15.5 Å². The van der Waals surface area contributed by atoms with Gasteiger partial charge in [0.1, 0.15) is 5.75 Å². The van der Waals surface area contributed by atoms with E-state index in [0.29, 0.717) is 33.5 Å². The summed E-state index contributed by atoms with van der Waals surface area (Å²) >= 11 is 11.8. The zero-order valence-corrected chi connectivity index (χ0v) is 15.5. The molecular weight excluding hydrogens is 377 g/mol. The normalized spacial score (nSPS) is 10.6. The second-order valence-corrected chi connectivity index (χ2v) is 5.94.